The monoisotopic (exact) mass is 442 g/mol. The average Bonchev–Trinajstić information content (AvgIpc) is 2.83. The molecule has 0 aliphatic rings. The normalized spacial score (nSPS) is 11.1. The van der Waals surface area contributed by atoms with Gasteiger partial charge in [0, 0.05) is 37.9 Å². The second kappa shape index (κ2) is 10.2. The predicted octanol–water partition coefficient (Wildman–Crippen LogP) is 5.22. The lowest BCUT2D eigenvalue weighted by atomic mass is 10.1. The van der Waals surface area contributed by atoms with Crippen molar-refractivity contribution in [3.63, 3.8) is 0 Å². The topological polar surface area (TPSA) is 63.6 Å². The number of aryl methyl sites for hydroxylation is 2. The molecule has 3 heterocycles. The number of fused-ring (bicyclic) bond motifs is 1. The van der Waals surface area contributed by atoms with Crippen molar-refractivity contribution in [1.82, 2.24) is 14.9 Å². The minimum absolute atomic E-state index is 0.153. The molecule has 4 rings (SSSR count). The molecule has 0 saturated heterocycles. The highest BCUT2D eigenvalue weighted by atomic mass is 19.1. The second-order valence-electron chi connectivity index (χ2n) is 7.91. The SMILES string of the molecule is [C-]#[N+]c1cc2oc(C)c(CN(CCCc3cccnc3)Cc3ccncc3)c(=O)c2cc1F. The van der Waals surface area contributed by atoms with Crippen molar-refractivity contribution in [3.05, 3.63) is 111 Å². The van der Waals surface area contributed by atoms with Gasteiger partial charge in [0.05, 0.1) is 17.5 Å². The standard InChI is InChI=1S/C26H23FN4O2/c1-18-22(26(32)21-13-23(27)24(28-2)14-25(21)33-18)17-31(16-20-7-10-29-11-8-20)12-4-6-19-5-3-9-30-15-19/h3,5,7-11,13-15H,4,6,12,16-17H2,1H3. The molecule has 166 valence electrons. The molecule has 33 heavy (non-hydrogen) atoms. The Hall–Kier alpha value is -3.89. The van der Waals surface area contributed by atoms with E-state index in [1.807, 2.05) is 30.5 Å². The first kappa shape index (κ1) is 22.3. The van der Waals surface area contributed by atoms with Gasteiger partial charge >= 0.3 is 0 Å². The quantitative estimate of drug-likeness (QED) is 0.350. The number of nitrogens with zero attached hydrogens (tertiary/aromatic N) is 4. The smallest absolute Gasteiger partial charge is 0.225 e. The summed E-state index contributed by atoms with van der Waals surface area (Å²) in [5.41, 5.74) is 2.54. The van der Waals surface area contributed by atoms with Gasteiger partial charge in [0.1, 0.15) is 17.2 Å². The lowest BCUT2D eigenvalue weighted by Gasteiger charge is -2.23. The van der Waals surface area contributed by atoms with Crippen molar-refractivity contribution in [3.8, 4) is 0 Å². The first-order valence-corrected chi connectivity index (χ1v) is 10.7. The van der Waals surface area contributed by atoms with Crippen molar-refractivity contribution in [1.29, 1.82) is 0 Å². The molecule has 0 aliphatic heterocycles. The highest BCUT2D eigenvalue weighted by Crippen LogP contribution is 2.25. The van der Waals surface area contributed by atoms with E-state index < -0.39 is 5.82 Å². The lowest BCUT2D eigenvalue weighted by molar-refractivity contribution is 0.250. The van der Waals surface area contributed by atoms with Gasteiger partial charge in [0.25, 0.3) is 0 Å². The molecule has 0 bridgehead atoms. The zero-order chi connectivity index (χ0) is 23.2. The van der Waals surface area contributed by atoms with Crippen molar-refractivity contribution < 1.29 is 8.81 Å². The van der Waals surface area contributed by atoms with E-state index in [4.69, 9.17) is 11.0 Å². The number of rotatable bonds is 8. The Morgan fingerprint density at radius 3 is 2.64 bits per heavy atom. The summed E-state index contributed by atoms with van der Waals surface area (Å²) in [6.07, 6.45) is 8.87. The number of halogens is 1. The Balaban J connectivity index is 1.61. The molecule has 0 aliphatic carbocycles. The van der Waals surface area contributed by atoms with E-state index in [0.717, 1.165) is 36.6 Å². The van der Waals surface area contributed by atoms with E-state index in [1.54, 1.807) is 25.5 Å². The van der Waals surface area contributed by atoms with Gasteiger partial charge in [0.2, 0.25) is 5.69 Å². The van der Waals surface area contributed by atoms with Crippen LogP contribution in [0.1, 0.15) is 28.9 Å². The Labute approximate surface area is 191 Å². The maximum atomic E-state index is 14.2. The van der Waals surface area contributed by atoms with E-state index in [9.17, 15) is 9.18 Å². The first-order chi connectivity index (χ1) is 16.0. The third kappa shape index (κ3) is 5.30. The summed E-state index contributed by atoms with van der Waals surface area (Å²) < 4.78 is 20.0. The summed E-state index contributed by atoms with van der Waals surface area (Å²) >= 11 is 0. The van der Waals surface area contributed by atoms with Crippen molar-refractivity contribution in [2.45, 2.75) is 32.9 Å². The largest absolute Gasteiger partial charge is 0.462 e. The average molecular weight is 442 g/mol. The van der Waals surface area contributed by atoms with Gasteiger partial charge in [-0.2, -0.15) is 0 Å². The first-order valence-electron chi connectivity index (χ1n) is 10.7. The van der Waals surface area contributed by atoms with Crippen molar-refractivity contribution in [2.75, 3.05) is 6.54 Å². The zero-order valence-electron chi connectivity index (χ0n) is 18.3. The van der Waals surface area contributed by atoms with Gasteiger partial charge in [-0.05, 0) is 67.8 Å². The summed E-state index contributed by atoms with van der Waals surface area (Å²) in [5, 5.41) is 0.153. The minimum atomic E-state index is -0.718. The molecule has 0 amide bonds. The molecule has 0 spiro atoms. The van der Waals surface area contributed by atoms with Gasteiger partial charge in [0.15, 0.2) is 5.43 Å². The third-order valence-electron chi connectivity index (χ3n) is 5.58. The van der Waals surface area contributed by atoms with E-state index >= 15 is 0 Å². The number of hydrogen-bond acceptors (Lipinski definition) is 5. The van der Waals surface area contributed by atoms with Gasteiger partial charge < -0.3 is 4.42 Å². The van der Waals surface area contributed by atoms with E-state index in [2.05, 4.69) is 19.7 Å². The van der Waals surface area contributed by atoms with Crippen LogP contribution in [0, 0.1) is 19.3 Å². The zero-order valence-corrected chi connectivity index (χ0v) is 18.3. The summed E-state index contributed by atoms with van der Waals surface area (Å²) in [6, 6.07) is 10.3. The fourth-order valence-electron chi connectivity index (χ4n) is 3.86. The molecule has 4 aromatic rings. The van der Waals surface area contributed by atoms with Crippen LogP contribution in [0.4, 0.5) is 10.1 Å². The Morgan fingerprint density at radius 2 is 1.91 bits per heavy atom. The molecule has 0 N–H and O–H groups in total. The Kier molecular flexibility index (Phi) is 6.86. The Bertz CT molecular complexity index is 1350. The number of pyridine rings is 2. The number of aromatic nitrogens is 2. The van der Waals surface area contributed by atoms with Crippen LogP contribution in [0.15, 0.2) is 70.4 Å². The van der Waals surface area contributed by atoms with Crippen LogP contribution in [0.25, 0.3) is 15.8 Å². The minimum Gasteiger partial charge on any atom is -0.462 e. The van der Waals surface area contributed by atoms with Crippen LogP contribution in [-0.4, -0.2) is 21.4 Å². The highest BCUT2D eigenvalue weighted by Gasteiger charge is 2.18. The van der Waals surface area contributed by atoms with Crippen LogP contribution < -0.4 is 5.43 Å². The van der Waals surface area contributed by atoms with E-state index in [1.165, 1.54) is 6.07 Å². The van der Waals surface area contributed by atoms with Crippen LogP contribution in [0.3, 0.4) is 0 Å². The molecule has 7 heteroatoms. The highest BCUT2D eigenvalue weighted by molar-refractivity contribution is 5.81. The molecule has 0 saturated carbocycles. The van der Waals surface area contributed by atoms with Crippen LogP contribution in [0.5, 0.6) is 0 Å². The Morgan fingerprint density at radius 1 is 1.09 bits per heavy atom. The number of hydrogen-bond donors (Lipinski definition) is 0. The molecular weight excluding hydrogens is 419 g/mol. The molecule has 6 nitrogen and oxygen atoms in total. The van der Waals surface area contributed by atoms with Crippen LogP contribution in [-0.2, 0) is 19.5 Å². The lowest BCUT2D eigenvalue weighted by Crippen LogP contribution is -2.28. The maximum absolute atomic E-state index is 14.2. The molecule has 0 unspecified atom stereocenters. The fraction of sp³-hybridized carbons (Fsp3) is 0.231. The van der Waals surface area contributed by atoms with Crippen LogP contribution >= 0.6 is 0 Å². The molecule has 1 aromatic carbocycles. The molecule has 3 aromatic heterocycles. The van der Waals surface area contributed by atoms with Crippen molar-refractivity contribution in [2.24, 2.45) is 0 Å². The number of benzene rings is 1. The summed E-state index contributed by atoms with van der Waals surface area (Å²) in [6.45, 7) is 10.6. The van der Waals surface area contributed by atoms with Crippen molar-refractivity contribution >= 4 is 16.7 Å². The van der Waals surface area contributed by atoms with Gasteiger partial charge in [-0.1, -0.05) is 6.07 Å². The summed E-state index contributed by atoms with van der Waals surface area (Å²) in [5.74, 6) is -0.244. The van der Waals surface area contributed by atoms with Gasteiger partial charge in [-0.3, -0.25) is 19.7 Å². The van der Waals surface area contributed by atoms with Gasteiger partial charge in [-0.15, -0.1) is 0 Å². The molecule has 0 atom stereocenters. The molecule has 0 fully saturated rings. The fourth-order valence-corrected chi connectivity index (χ4v) is 3.86. The van der Waals surface area contributed by atoms with Gasteiger partial charge in [-0.25, -0.2) is 9.24 Å². The molecular formula is C26H23FN4O2. The maximum Gasteiger partial charge on any atom is 0.225 e. The second-order valence-corrected chi connectivity index (χ2v) is 7.91. The van der Waals surface area contributed by atoms with Crippen LogP contribution in [0.2, 0.25) is 0 Å². The predicted molar refractivity (Wildman–Crippen MR) is 124 cm³/mol. The summed E-state index contributed by atoms with van der Waals surface area (Å²) in [7, 11) is 0. The van der Waals surface area contributed by atoms with E-state index in [0.29, 0.717) is 24.4 Å². The van der Waals surface area contributed by atoms with E-state index in [-0.39, 0.29) is 22.1 Å². The third-order valence-corrected chi connectivity index (χ3v) is 5.58. The summed E-state index contributed by atoms with van der Waals surface area (Å²) in [4.78, 5) is 26.8. The molecule has 0 radical (unpaired) electrons.